The number of benzene rings is 1. The molecule has 0 fully saturated rings. The Morgan fingerprint density at radius 2 is 2.26 bits per heavy atom. The minimum Gasteiger partial charge on any atom is -0.454 e. The molecule has 3 rings (SSSR count). The number of aromatic nitrogens is 5. The molecule has 0 aliphatic rings. The maximum Gasteiger partial charge on any atom is 0.343 e. The van der Waals surface area contributed by atoms with Gasteiger partial charge in [0.1, 0.15) is 0 Å². The number of carbonyl (C=O) groups excluding carboxylic acids is 1. The van der Waals surface area contributed by atoms with E-state index < -0.39 is 5.97 Å². The molecule has 8 nitrogen and oxygen atoms in total. The van der Waals surface area contributed by atoms with E-state index in [-0.39, 0.29) is 18.1 Å². The summed E-state index contributed by atoms with van der Waals surface area (Å²) in [5.74, 6) is -0.261. The molecule has 2 heterocycles. The summed E-state index contributed by atoms with van der Waals surface area (Å²) in [6, 6.07) is 7.51. The fraction of sp³-hybridized carbons (Fsp3) is 0.143. The SMILES string of the molecule is Cn1nc(COC(=O)c2cnn(-c3cccc(Br)c3)c2)[nH]c1=O. The summed E-state index contributed by atoms with van der Waals surface area (Å²) in [7, 11) is 1.51. The molecule has 0 atom stereocenters. The average Bonchev–Trinajstić information content (AvgIpc) is 3.13. The first kappa shape index (κ1) is 15.2. The quantitative estimate of drug-likeness (QED) is 0.693. The number of rotatable bonds is 4. The number of nitrogens with one attached hydrogen (secondary N) is 1. The second kappa shape index (κ2) is 6.21. The Balaban J connectivity index is 1.70. The lowest BCUT2D eigenvalue weighted by molar-refractivity contribution is 0.0462. The van der Waals surface area contributed by atoms with Gasteiger partial charge in [0, 0.05) is 17.7 Å². The lowest BCUT2D eigenvalue weighted by Gasteiger charge is -2.01. The van der Waals surface area contributed by atoms with Crippen molar-refractivity contribution in [2.75, 3.05) is 0 Å². The zero-order chi connectivity index (χ0) is 16.4. The van der Waals surface area contributed by atoms with Gasteiger partial charge in [-0.05, 0) is 18.2 Å². The molecule has 0 aliphatic carbocycles. The van der Waals surface area contributed by atoms with Crippen molar-refractivity contribution in [3.63, 3.8) is 0 Å². The van der Waals surface area contributed by atoms with E-state index in [1.54, 1.807) is 10.9 Å². The van der Waals surface area contributed by atoms with Gasteiger partial charge >= 0.3 is 11.7 Å². The fourth-order valence-electron chi connectivity index (χ4n) is 1.93. The summed E-state index contributed by atoms with van der Waals surface area (Å²) >= 11 is 3.38. The van der Waals surface area contributed by atoms with Crippen molar-refractivity contribution >= 4 is 21.9 Å². The van der Waals surface area contributed by atoms with Crippen molar-refractivity contribution in [2.45, 2.75) is 6.61 Å². The lowest BCUT2D eigenvalue weighted by atomic mass is 10.3. The summed E-state index contributed by atoms with van der Waals surface area (Å²) in [6.45, 7) is -0.114. The first-order chi connectivity index (χ1) is 11.0. The number of hydrogen-bond acceptors (Lipinski definition) is 5. The number of esters is 1. The van der Waals surface area contributed by atoms with Crippen LogP contribution < -0.4 is 5.69 Å². The van der Waals surface area contributed by atoms with E-state index in [1.165, 1.54) is 13.2 Å². The Morgan fingerprint density at radius 3 is 2.96 bits per heavy atom. The van der Waals surface area contributed by atoms with Gasteiger partial charge in [-0.2, -0.15) is 10.2 Å². The number of ether oxygens (including phenoxy) is 1. The maximum absolute atomic E-state index is 12.0. The van der Waals surface area contributed by atoms with Crippen molar-refractivity contribution in [2.24, 2.45) is 7.05 Å². The molecule has 0 saturated carbocycles. The normalized spacial score (nSPS) is 10.7. The third kappa shape index (κ3) is 3.39. The Morgan fingerprint density at radius 1 is 1.43 bits per heavy atom. The molecule has 0 bridgehead atoms. The topological polar surface area (TPSA) is 94.8 Å². The molecule has 3 aromatic rings. The molecule has 0 saturated heterocycles. The maximum atomic E-state index is 12.0. The monoisotopic (exact) mass is 377 g/mol. The first-order valence-corrected chi connectivity index (χ1v) is 7.42. The van der Waals surface area contributed by atoms with Gasteiger partial charge in [0.15, 0.2) is 12.4 Å². The Bertz CT molecular complexity index is 911. The van der Waals surface area contributed by atoms with Crippen molar-refractivity contribution in [1.82, 2.24) is 24.5 Å². The zero-order valence-electron chi connectivity index (χ0n) is 12.1. The standard InChI is InChI=1S/C14H12BrN5O3/c1-19-14(22)17-12(18-19)8-23-13(21)9-6-16-20(7-9)11-4-2-3-10(15)5-11/h2-7H,8H2,1H3,(H,17,18,22). The minimum atomic E-state index is -0.544. The van der Waals surface area contributed by atoms with Crippen LogP contribution in [0.2, 0.25) is 0 Å². The highest BCUT2D eigenvalue weighted by molar-refractivity contribution is 9.10. The van der Waals surface area contributed by atoms with Gasteiger partial charge in [0.05, 0.1) is 17.4 Å². The highest BCUT2D eigenvalue weighted by Gasteiger charge is 2.12. The van der Waals surface area contributed by atoms with Gasteiger partial charge < -0.3 is 4.74 Å². The fourth-order valence-corrected chi connectivity index (χ4v) is 2.31. The molecule has 1 aromatic carbocycles. The lowest BCUT2D eigenvalue weighted by Crippen LogP contribution is -2.13. The average molecular weight is 378 g/mol. The summed E-state index contributed by atoms with van der Waals surface area (Å²) in [5, 5.41) is 8.02. The molecular formula is C14H12BrN5O3. The third-order valence-corrected chi connectivity index (χ3v) is 3.54. The molecule has 118 valence electrons. The highest BCUT2D eigenvalue weighted by Crippen LogP contribution is 2.15. The van der Waals surface area contributed by atoms with E-state index in [0.29, 0.717) is 5.56 Å². The van der Waals surface area contributed by atoms with Crippen molar-refractivity contribution in [3.05, 3.63) is 63.0 Å². The molecule has 0 amide bonds. The van der Waals surface area contributed by atoms with Gasteiger partial charge in [-0.15, -0.1) is 0 Å². The van der Waals surface area contributed by atoms with Crippen LogP contribution in [0.3, 0.4) is 0 Å². The second-order valence-electron chi connectivity index (χ2n) is 4.73. The van der Waals surface area contributed by atoms with E-state index in [4.69, 9.17) is 4.74 Å². The van der Waals surface area contributed by atoms with Gasteiger partial charge in [-0.1, -0.05) is 22.0 Å². The van der Waals surface area contributed by atoms with Gasteiger partial charge in [0.2, 0.25) is 0 Å². The smallest absolute Gasteiger partial charge is 0.343 e. The molecule has 1 N–H and O–H groups in total. The van der Waals surface area contributed by atoms with Crippen LogP contribution >= 0.6 is 15.9 Å². The van der Waals surface area contributed by atoms with Crippen LogP contribution in [0.4, 0.5) is 0 Å². The molecule has 2 aromatic heterocycles. The molecular weight excluding hydrogens is 366 g/mol. The van der Waals surface area contributed by atoms with Gasteiger partial charge in [-0.3, -0.25) is 4.98 Å². The number of aryl methyl sites for hydroxylation is 1. The Kier molecular flexibility index (Phi) is 4.11. The minimum absolute atomic E-state index is 0.114. The zero-order valence-corrected chi connectivity index (χ0v) is 13.6. The predicted molar refractivity (Wildman–Crippen MR) is 84.2 cm³/mol. The van der Waals surface area contributed by atoms with Crippen LogP contribution in [0.15, 0.2) is 45.9 Å². The number of nitrogens with zero attached hydrogens (tertiary/aromatic N) is 4. The van der Waals surface area contributed by atoms with E-state index in [0.717, 1.165) is 14.8 Å². The first-order valence-electron chi connectivity index (χ1n) is 6.63. The third-order valence-electron chi connectivity index (χ3n) is 3.05. The summed E-state index contributed by atoms with van der Waals surface area (Å²) in [5.41, 5.74) is 0.759. The molecule has 0 aliphatic heterocycles. The van der Waals surface area contributed by atoms with E-state index >= 15 is 0 Å². The molecule has 0 unspecified atom stereocenters. The highest BCUT2D eigenvalue weighted by atomic mass is 79.9. The van der Waals surface area contributed by atoms with Crippen molar-refractivity contribution < 1.29 is 9.53 Å². The largest absolute Gasteiger partial charge is 0.454 e. The van der Waals surface area contributed by atoms with Crippen LogP contribution in [0.25, 0.3) is 5.69 Å². The predicted octanol–water partition coefficient (Wildman–Crippen LogP) is 1.41. The number of halogens is 1. The summed E-state index contributed by atoms with van der Waals surface area (Å²) in [6.07, 6.45) is 3.00. The molecule has 0 radical (unpaired) electrons. The second-order valence-corrected chi connectivity index (χ2v) is 5.65. The Hall–Kier alpha value is -2.68. The van der Waals surface area contributed by atoms with Crippen LogP contribution in [0.5, 0.6) is 0 Å². The van der Waals surface area contributed by atoms with Crippen LogP contribution in [-0.2, 0) is 18.4 Å². The summed E-state index contributed by atoms with van der Waals surface area (Å²) in [4.78, 5) is 25.7. The number of H-pyrrole nitrogens is 1. The van der Waals surface area contributed by atoms with E-state index in [9.17, 15) is 9.59 Å². The summed E-state index contributed by atoms with van der Waals surface area (Å²) < 4.78 is 8.73. The van der Waals surface area contributed by atoms with Crippen LogP contribution in [-0.4, -0.2) is 30.5 Å². The van der Waals surface area contributed by atoms with E-state index in [1.807, 2.05) is 24.3 Å². The van der Waals surface area contributed by atoms with E-state index in [2.05, 4.69) is 31.1 Å². The van der Waals surface area contributed by atoms with Crippen LogP contribution in [0.1, 0.15) is 16.2 Å². The Labute approximate surface area is 138 Å². The van der Waals surface area contributed by atoms with Crippen molar-refractivity contribution in [1.29, 1.82) is 0 Å². The van der Waals surface area contributed by atoms with Crippen LogP contribution in [0, 0.1) is 0 Å². The number of hydrogen-bond donors (Lipinski definition) is 1. The molecule has 0 spiro atoms. The van der Waals surface area contributed by atoms with Crippen molar-refractivity contribution in [3.8, 4) is 5.69 Å². The molecule has 9 heteroatoms. The molecule has 23 heavy (non-hydrogen) atoms. The number of carbonyl (C=O) groups is 1. The number of aromatic amines is 1. The van der Waals surface area contributed by atoms with Gasteiger partial charge in [-0.25, -0.2) is 19.0 Å². The van der Waals surface area contributed by atoms with Gasteiger partial charge in [0.25, 0.3) is 0 Å².